The average molecular weight is 357 g/mol. The zero-order valence-corrected chi connectivity index (χ0v) is 16.4. The molecule has 0 fully saturated rings. The number of fused-ring (bicyclic) bond motifs is 5. The Labute approximate surface area is 161 Å². The van der Waals surface area contributed by atoms with Crippen LogP contribution in [0.3, 0.4) is 0 Å². The molecule has 1 aromatic heterocycles. The van der Waals surface area contributed by atoms with Crippen LogP contribution in [-0.4, -0.2) is 18.1 Å². The maximum Gasteiger partial charge on any atom is 0.0372 e. The Kier molecular flexibility index (Phi) is 5.24. The summed E-state index contributed by atoms with van der Waals surface area (Å²) in [4.78, 5) is 6.81. The zero-order valence-electron chi connectivity index (χ0n) is 16.4. The van der Waals surface area contributed by atoms with Crippen LogP contribution in [0.25, 0.3) is 32.3 Å². The summed E-state index contributed by atoms with van der Waals surface area (Å²) >= 11 is 0. The van der Waals surface area contributed by atoms with Crippen LogP contribution in [0.15, 0.2) is 60.9 Å². The van der Waals surface area contributed by atoms with Gasteiger partial charge in [0, 0.05) is 36.6 Å². The van der Waals surface area contributed by atoms with E-state index in [0.717, 1.165) is 13.1 Å². The third-order valence-corrected chi connectivity index (χ3v) is 5.54. The lowest BCUT2D eigenvalue weighted by Crippen LogP contribution is -2.25. The normalized spacial score (nSPS) is 11.5. The van der Waals surface area contributed by atoms with Crippen LogP contribution in [0.2, 0.25) is 0 Å². The molecule has 0 aliphatic rings. The molecule has 138 valence electrons. The van der Waals surface area contributed by atoms with E-state index >= 15 is 0 Å². The lowest BCUT2D eigenvalue weighted by Gasteiger charge is -2.25. The van der Waals surface area contributed by atoms with Crippen molar-refractivity contribution in [2.24, 2.45) is 0 Å². The average Bonchev–Trinajstić information content (AvgIpc) is 2.73. The van der Waals surface area contributed by atoms with Crippen LogP contribution < -0.4 is 4.90 Å². The molecule has 4 rings (SSSR count). The van der Waals surface area contributed by atoms with Gasteiger partial charge >= 0.3 is 0 Å². The fourth-order valence-electron chi connectivity index (χ4n) is 3.98. The van der Waals surface area contributed by atoms with Gasteiger partial charge in [0.25, 0.3) is 0 Å². The lowest BCUT2D eigenvalue weighted by molar-refractivity contribution is 0.678. The van der Waals surface area contributed by atoms with Gasteiger partial charge in [0.2, 0.25) is 0 Å². The molecule has 4 aromatic rings. The van der Waals surface area contributed by atoms with Crippen molar-refractivity contribution in [2.75, 3.05) is 18.0 Å². The molecule has 0 spiro atoms. The molecular weight excluding hydrogens is 328 g/mol. The van der Waals surface area contributed by atoms with Crippen molar-refractivity contribution in [3.05, 3.63) is 60.9 Å². The number of rotatable bonds is 7. The number of benzene rings is 3. The lowest BCUT2D eigenvalue weighted by atomic mass is 9.97. The Morgan fingerprint density at radius 1 is 0.704 bits per heavy atom. The molecular formula is C25H28N2. The maximum absolute atomic E-state index is 4.26. The summed E-state index contributed by atoms with van der Waals surface area (Å²) in [6.07, 6.45) is 8.81. The van der Waals surface area contributed by atoms with Crippen LogP contribution in [0.1, 0.15) is 39.5 Å². The SMILES string of the molecule is CCCCN(CCCC)c1ccc2c(ccc3c4ccncc4ccc23)c1. The smallest absolute Gasteiger partial charge is 0.0372 e. The number of anilines is 1. The summed E-state index contributed by atoms with van der Waals surface area (Å²) < 4.78 is 0. The number of hydrogen-bond donors (Lipinski definition) is 0. The van der Waals surface area contributed by atoms with E-state index in [0.29, 0.717) is 0 Å². The van der Waals surface area contributed by atoms with Crippen molar-refractivity contribution in [1.29, 1.82) is 0 Å². The van der Waals surface area contributed by atoms with Crippen LogP contribution >= 0.6 is 0 Å². The number of pyridine rings is 1. The summed E-state index contributed by atoms with van der Waals surface area (Å²) in [5, 5.41) is 7.77. The molecule has 2 heteroatoms. The Hall–Kier alpha value is -2.61. The largest absolute Gasteiger partial charge is 0.372 e. The van der Waals surface area contributed by atoms with Gasteiger partial charge < -0.3 is 4.90 Å². The quantitative estimate of drug-likeness (QED) is 0.333. The van der Waals surface area contributed by atoms with Crippen LogP contribution in [0, 0.1) is 0 Å². The molecule has 0 atom stereocenters. The van der Waals surface area contributed by atoms with Crippen molar-refractivity contribution < 1.29 is 0 Å². The number of unbranched alkanes of at least 4 members (excludes halogenated alkanes) is 2. The van der Waals surface area contributed by atoms with E-state index in [1.165, 1.54) is 63.7 Å². The van der Waals surface area contributed by atoms with Gasteiger partial charge in [0.1, 0.15) is 0 Å². The van der Waals surface area contributed by atoms with Gasteiger partial charge in [-0.1, -0.05) is 57.0 Å². The number of nitrogens with zero attached hydrogens (tertiary/aromatic N) is 2. The van der Waals surface area contributed by atoms with E-state index < -0.39 is 0 Å². The van der Waals surface area contributed by atoms with Crippen LogP contribution in [-0.2, 0) is 0 Å². The molecule has 0 radical (unpaired) electrons. The van der Waals surface area contributed by atoms with Gasteiger partial charge in [-0.3, -0.25) is 4.98 Å². The Morgan fingerprint density at radius 2 is 1.33 bits per heavy atom. The van der Waals surface area contributed by atoms with Crippen molar-refractivity contribution >= 4 is 38.0 Å². The second-order valence-electron chi connectivity index (χ2n) is 7.42. The summed E-state index contributed by atoms with van der Waals surface area (Å²) in [6.45, 7) is 6.83. The van der Waals surface area contributed by atoms with E-state index in [-0.39, 0.29) is 0 Å². The molecule has 0 aliphatic carbocycles. The van der Waals surface area contributed by atoms with Gasteiger partial charge in [0.05, 0.1) is 0 Å². The van der Waals surface area contributed by atoms with E-state index in [1.54, 1.807) is 0 Å². The van der Waals surface area contributed by atoms with E-state index in [9.17, 15) is 0 Å². The summed E-state index contributed by atoms with van der Waals surface area (Å²) in [7, 11) is 0. The first-order valence-electron chi connectivity index (χ1n) is 10.3. The highest BCUT2D eigenvalue weighted by Gasteiger charge is 2.09. The van der Waals surface area contributed by atoms with Crippen LogP contribution in [0.4, 0.5) is 5.69 Å². The van der Waals surface area contributed by atoms with Crippen molar-refractivity contribution in [1.82, 2.24) is 4.98 Å². The van der Waals surface area contributed by atoms with Gasteiger partial charge in [-0.25, -0.2) is 0 Å². The first kappa shape index (κ1) is 17.8. The molecule has 2 nitrogen and oxygen atoms in total. The highest BCUT2D eigenvalue weighted by molar-refractivity contribution is 6.17. The molecule has 0 N–H and O–H groups in total. The minimum atomic E-state index is 1.15. The van der Waals surface area contributed by atoms with Crippen LogP contribution in [0.5, 0.6) is 0 Å². The monoisotopic (exact) mass is 356 g/mol. The molecule has 0 saturated heterocycles. The summed E-state index contributed by atoms with van der Waals surface area (Å²) in [5.74, 6) is 0. The van der Waals surface area contributed by atoms with Gasteiger partial charge in [0.15, 0.2) is 0 Å². The molecule has 0 aliphatic heterocycles. The third kappa shape index (κ3) is 3.49. The fourth-order valence-corrected chi connectivity index (χ4v) is 3.98. The maximum atomic E-state index is 4.26. The first-order valence-corrected chi connectivity index (χ1v) is 10.3. The Balaban J connectivity index is 1.80. The van der Waals surface area contributed by atoms with Gasteiger partial charge in [-0.15, -0.1) is 0 Å². The topological polar surface area (TPSA) is 16.1 Å². The Bertz CT molecular complexity index is 1060. The molecule has 3 aromatic carbocycles. The zero-order chi connectivity index (χ0) is 18.6. The molecule has 0 unspecified atom stereocenters. The van der Waals surface area contributed by atoms with Gasteiger partial charge in [-0.2, -0.15) is 0 Å². The fraction of sp³-hybridized carbons (Fsp3) is 0.320. The highest BCUT2D eigenvalue weighted by atomic mass is 15.1. The molecule has 0 saturated carbocycles. The predicted octanol–water partition coefficient (Wildman–Crippen LogP) is 6.95. The summed E-state index contributed by atoms with van der Waals surface area (Å²) in [6, 6.07) is 18.1. The molecule has 27 heavy (non-hydrogen) atoms. The summed E-state index contributed by atoms with van der Waals surface area (Å²) in [5.41, 5.74) is 1.36. The second kappa shape index (κ2) is 7.96. The van der Waals surface area contributed by atoms with E-state index in [2.05, 4.69) is 72.3 Å². The van der Waals surface area contributed by atoms with Gasteiger partial charge in [-0.05, 0) is 58.0 Å². The molecule has 0 bridgehead atoms. The van der Waals surface area contributed by atoms with Crippen molar-refractivity contribution in [2.45, 2.75) is 39.5 Å². The molecule has 1 heterocycles. The second-order valence-corrected chi connectivity index (χ2v) is 7.42. The molecule has 0 amide bonds. The van der Waals surface area contributed by atoms with E-state index in [4.69, 9.17) is 0 Å². The third-order valence-electron chi connectivity index (χ3n) is 5.54. The van der Waals surface area contributed by atoms with Crippen molar-refractivity contribution in [3.63, 3.8) is 0 Å². The minimum Gasteiger partial charge on any atom is -0.372 e. The minimum absolute atomic E-state index is 1.15. The highest BCUT2D eigenvalue weighted by Crippen LogP contribution is 2.33. The number of aromatic nitrogens is 1. The first-order chi connectivity index (χ1) is 13.3. The van der Waals surface area contributed by atoms with E-state index in [1.807, 2.05) is 12.4 Å². The standard InChI is InChI=1S/C25H28N2/c1-3-5-15-27(16-6-4-2)21-9-12-22-19(17-21)7-10-25-23-13-14-26-18-20(23)8-11-24(22)25/h7-14,17-18H,3-6,15-16H2,1-2H3. The predicted molar refractivity (Wildman–Crippen MR) is 119 cm³/mol. The number of hydrogen-bond acceptors (Lipinski definition) is 2. The Morgan fingerprint density at radius 3 is 2.04 bits per heavy atom. The van der Waals surface area contributed by atoms with Crippen molar-refractivity contribution in [3.8, 4) is 0 Å².